The molecule has 0 aliphatic rings. The molecule has 0 radical (unpaired) electrons. The molecule has 5 heteroatoms. The summed E-state index contributed by atoms with van der Waals surface area (Å²) in [6, 6.07) is -0.0244. The van der Waals surface area contributed by atoms with Crippen LogP contribution in [0, 0.1) is 18.8 Å². The molecule has 1 unspecified atom stereocenters. The van der Waals surface area contributed by atoms with Crippen molar-refractivity contribution in [2.75, 3.05) is 6.54 Å². The number of nitrogens with two attached hydrogens (primary N) is 1. The Morgan fingerprint density at radius 3 is 2.63 bits per heavy atom. The summed E-state index contributed by atoms with van der Waals surface area (Å²) in [5.41, 5.74) is 6.73. The lowest BCUT2D eigenvalue weighted by molar-refractivity contribution is -0.122. The van der Waals surface area contributed by atoms with E-state index in [9.17, 15) is 4.79 Å². The van der Waals surface area contributed by atoms with Gasteiger partial charge >= 0.3 is 0 Å². The number of nitrogens with zero attached hydrogens (tertiary/aromatic N) is 1. The Labute approximate surface area is 119 Å². The number of hydrogen-bond acceptors (Lipinski definition) is 4. The van der Waals surface area contributed by atoms with Crippen molar-refractivity contribution >= 4 is 17.2 Å². The van der Waals surface area contributed by atoms with E-state index in [0.717, 1.165) is 17.1 Å². The van der Waals surface area contributed by atoms with Crippen molar-refractivity contribution < 1.29 is 4.79 Å². The standard InChI is InChI=1S/C14H25N3OS/c1-9(2)5-12(7-15)6-13(18)17-11(4)14-16-10(3)8-19-14/h8-9,11-12H,5-7,15H2,1-4H3,(H,17,18)/t11?,12-/m0/s1. The highest BCUT2D eigenvalue weighted by Gasteiger charge is 2.17. The van der Waals surface area contributed by atoms with Gasteiger partial charge in [0.15, 0.2) is 0 Å². The third-order valence-electron chi connectivity index (χ3n) is 3.00. The molecule has 19 heavy (non-hydrogen) atoms. The molecule has 0 aliphatic carbocycles. The van der Waals surface area contributed by atoms with Crippen LogP contribution in [0.2, 0.25) is 0 Å². The molecule has 2 atom stereocenters. The second-order valence-electron chi connectivity index (χ2n) is 5.55. The van der Waals surface area contributed by atoms with E-state index >= 15 is 0 Å². The largest absolute Gasteiger partial charge is 0.347 e. The predicted octanol–water partition coefficient (Wildman–Crippen LogP) is 2.64. The second-order valence-corrected chi connectivity index (χ2v) is 6.44. The van der Waals surface area contributed by atoms with Crippen LogP contribution in [0.15, 0.2) is 5.38 Å². The van der Waals surface area contributed by atoms with Crippen LogP contribution < -0.4 is 11.1 Å². The number of aromatic nitrogens is 1. The first-order valence-corrected chi connectivity index (χ1v) is 7.71. The van der Waals surface area contributed by atoms with Gasteiger partial charge in [0, 0.05) is 17.5 Å². The lowest BCUT2D eigenvalue weighted by atomic mass is 9.94. The van der Waals surface area contributed by atoms with Crippen molar-refractivity contribution in [2.45, 2.75) is 46.6 Å². The molecule has 0 aliphatic heterocycles. The van der Waals surface area contributed by atoms with E-state index in [1.54, 1.807) is 11.3 Å². The summed E-state index contributed by atoms with van der Waals surface area (Å²) >= 11 is 1.58. The average molecular weight is 283 g/mol. The van der Waals surface area contributed by atoms with Crippen LogP contribution in [0.5, 0.6) is 0 Å². The Kier molecular flexibility index (Phi) is 6.45. The molecule has 0 spiro atoms. The van der Waals surface area contributed by atoms with E-state index in [4.69, 9.17) is 5.73 Å². The van der Waals surface area contributed by atoms with E-state index in [2.05, 4.69) is 24.1 Å². The van der Waals surface area contributed by atoms with Gasteiger partial charge in [0.2, 0.25) is 5.91 Å². The van der Waals surface area contributed by atoms with Crippen LogP contribution in [0.3, 0.4) is 0 Å². The van der Waals surface area contributed by atoms with Gasteiger partial charge in [-0.05, 0) is 38.6 Å². The van der Waals surface area contributed by atoms with E-state index in [-0.39, 0.29) is 17.9 Å². The van der Waals surface area contributed by atoms with Crippen LogP contribution >= 0.6 is 11.3 Å². The summed E-state index contributed by atoms with van der Waals surface area (Å²) in [6.07, 6.45) is 1.50. The van der Waals surface area contributed by atoms with E-state index in [0.29, 0.717) is 18.9 Å². The third kappa shape index (κ3) is 5.70. The molecule has 0 bridgehead atoms. The van der Waals surface area contributed by atoms with E-state index in [1.807, 2.05) is 19.2 Å². The van der Waals surface area contributed by atoms with Crippen molar-refractivity contribution in [2.24, 2.45) is 17.6 Å². The first-order chi connectivity index (χ1) is 8.92. The molecule has 1 aromatic rings. The molecule has 0 fully saturated rings. The highest BCUT2D eigenvalue weighted by atomic mass is 32.1. The number of carbonyl (C=O) groups excluding carboxylic acids is 1. The highest BCUT2D eigenvalue weighted by Crippen LogP contribution is 2.19. The van der Waals surface area contributed by atoms with Gasteiger partial charge in [-0.25, -0.2) is 4.98 Å². The molecule has 1 rings (SSSR count). The Morgan fingerprint density at radius 1 is 1.47 bits per heavy atom. The van der Waals surface area contributed by atoms with Gasteiger partial charge < -0.3 is 11.1 Å². The fourth-order valence-corrected chi connectivity index (χ4v) is 2.93. The molecule has 0 saturated carbocycles. The first kappa shape index (κ1) is 16.1. The average Bonchev–Trinajstić information content (AvgIpc) is 2.74. The summed E-state index contributed by atoms with van der Waals surface area (Å²) in [5, 5.41) is 5.96. The smallest absolute Gasteiger partial charge is 0.220 e. The molecule has 1 aromatic heterocycles. The van der Waals surface area contributed by atoms with E-state index < -0.39 is 0 Å². The normalized spacial score (nSPS) is 14.4. The summed E-state index contributed by atoms with van der Waals surface area (Å²) in [6.45, 7) is 8.80. The number of thiazole rings is 1. The van der Waals surface area contributed by atoms with Gasteiger partial charge in [0.1, 0.15) is 5.01 Å². The van der Waals surface area contributed by atoms with Crippen LogP contribution in [-0.4, -0.2) is 17.4 Å². The maximum Gasteiger partial charge on any atom is 0.220 e. The number of amides is 1. The van der Waals surface area contributed by atoms with Gasteiger partial charge in [0.05, 0.1) is 6.04 Å². The van der Waals surface area contributed by atoms with Crippen molar-refractivity contribution in [3.63, 3.8) is 0 Å². The highest BCUT2D eigenvalue weighted by molar-refractivity contribution is 7.09. The van der Waals surface area contributed by atoms with Gasteiger partial charge in [0.25, 0.3) is 0 Å². The van der Waals surface area contributed by atoms with Gasteiger partial charge in [-0.2, -0.15) is 0 Å². The summed E-state index contributed by atoms with van der Waals surface area (Å²) in [4.78, 5) is 16.4. The maximum atomic E-state index is 12.0. The molecule has 1 amide bonds. The topological polar surface area (TPSA) is 68.0 Å². The second kappa shape index (κ2) is 7.60. The van der Waals surface area contributed by atoms with Crippen molar-refractivity contribution in [1.82, 2.24) is 10.3 Å². The minimum Gasteiger partial charge on any atom is -0.347 e. The zero-order valence-electron chi connectivity index (χ0n) is 12.3. The minimum absolute atomic E-state index is 0.0244. The van der Waals surface area contributed by atoms with Crippen molar-refractivity contribution in [1.29, 1.82) is 0 Å². The summed E-state index contributed by atoms with van der Waals surface area (Å²) in [5.74, 6) is 0.905. The predicted molar refractivity (Wildman–Crippen MR) is 80.0 cm³/mol. The Hall–Kier alpha value is -0.940. The maximum absolute atomic E-state index is 12.0. The molecule has 108 valence electrons. The number of carbonyl (C=O) groups is 1. The monoisotopic (exact) mass is 283 g/mol. The van der Waals surface area contributed by atoms with Crippen LogP contribution in [0.1, 0.15) is 50.4 Å². The molecule has 1 heterocycles. The van der Waals surface area contributed by atoms with Crippen molar-refractivity contribution in [3.8, 4) is 0 Å². The Bertz CT molecular complexity index is 403. The Balaban J connectivity index is 2.45. The molecular weight excluding hydrogens is 258 g/mol. The number of rotatable bonds is 7. The summed E-state index contributed by atoms with van der Waals surface area (Å²) < 4.78 is 0. The fourth-order valence-electron chi connectivity index (χ4n) is 2.12. The molecule has 3 N–H and O–H groups in total. The summed E-state index contributed by atoms with van der Waals surface area (Å²) in [7, 11) is 0. The zero-order valence-corrected chi connectivity index (χ0v) is 13.1. The lowest BCUT2D eigenvalue weighted by Crippen LogP contribution is -2.30. The molecular formula is C14H25N3OS. The lowest BCUT2D eigenvalue weighted by Gasteiger charge is -2.18. The fraction of sp³-hybridized carbons (Fsp3) is 0.714. The Morgan fingerprint density at radius 2 is 2.16 bits per heavy atom. The number of nitrogens with one attached hydrogen (secondary N) is 1. The number of aryl methyl sites for hydroxylation is 1. The van der Waals surface area contributed by atoms with Crippen LogP contribution in [0.25, 0.3) is 0 Å². The van der Waals surface area contributed by atoms with Crippen LogP contribution in [0.4, 0.5) is 0 Å². The van der Waals surface area contributed by atoms with Crippen LogP contribution in [-0.2, 0) is 4.79 Å². The molecule has 4 nitrogen and oxygen atoms in total. The quantitative estimate of drug-likeness (QED) is 0.808. The van der Waals surface area contributed by atoms with Gasteiger partial charge in [-0.1, -0.05) is 13.8 Å². The molecule has 0 aromatic carbocycles. The molecule has 0 saturated heterocycles. The number of hydrogen-bond donors (Lipinski definition) is 2. The van der Waals surface area contributed by atoms with Crippen molar-refractivity contribution in [3.05, 3.63) is 16.1 Å². The minimum atomic E-state index is -0.0244. The first-order valence-electron chi connectivity index (χ1n) is 6.83. The third-order valence-corrected chi connectivity index (χ3v) is 4.14. The van der Waals surface area contributed by atoms with Gasteiger partial charge in [-0.15, -0.1) is 11.3 Å². The van der Waals surface area contributed by atoms with E-state index in [1.165, 1.54) is 0 Å². The van der Waals surface area contributed by atoms with Gasteiger partial charge in [-0.3, -0.25) is 4.79 Å². The zero-order chi connectivity index (χ0) is 14.4. The SMILES string of the molecule is Cc1csc(C(C)NC(=O)C[C@@H](CN)CC(C)C)n1.